The van der Waals surface area contributed by atoms with Gasteiger partial charge in [0.1, 0.15) is 5.75 Å². The van der Waals surface area contributed by atoms with E-state index in [4.69, 9.17) is 18.9 Å². The van der Waals surface area contributed by atoms with Gasteiger partial charge in [0.15, 0.2) is 17.3 Å². The SMILES string of the molecule is COc1ccc(C=Cc2nc3sc(=Cc4cc(OC)c(OC)c(OC)c4)c(=O)n3n2)cc1. The topological polar surface area (TPSA) is 84.2 Å². The number of benzene rings is 2. The lowest BCUT2D eigenvalue weighted by Crippen LogP contribution is -2.23. The molecule has 4 rings (SSSR count). The molecule has 2 aromatic carbocycles. The summed E-state index contributed by atoms with van der Waals surface area (Å²) in [6, 6.07) is 11.2. The van der Waals surface area contributed by atoms with Crippen LogP contribution in [0.15, 0.2) is 41.2 Å². The fourth-order valence-electron chi connectivity index (χ4n) is 3.14. The summed E-state index contributed by atoms with van der Waals surface area (Å²) in [4.78, 5) is 17.8. The highest BCUT2D eigenvalue weighted by atomic mass is 32.1. The number of hydrogen-bond acceptors (Lipinski definition) is 8. The van der Waals surface area contributed by atoms with Crippen LogP contribution in [0.3, 0.4) is 0 Å². The highest BCUT2D eigenvalue weighted by Gasteiger charge is 2.14. The summed E-state index contributed by atoms with van der Waals surface area (Å²) >= 11 is 1.26. The van der Waals surface area contributed by atoms with Gasteiger partial charge in [-0.2, -0.15) is 9.50 Å². The Balaban J connectivity index is 1.66. The first kappa shape index (κ1) is 21.4. The molecular formula is C23H21N3O5S. The molecule has 0 aliphatic rings. The maximum absolute atomic E-state index is 12.8. The molecule has 4 aromatic rings. The number of methoxy groups -OCH3 is 4. The molecule has 0 saturated carbocycles. The van der Waals surface area contributed by atoms with Crippen molar-refractivity contribution in [3.63, 3.8) is 0 Å². The molecule has 0 radical (unpaired) electrons. The lowest BCUT2D eigenvalue weighted by Gasteiger charge is -2.12. The lowest BCUT2D eigenvalue weighted by molar-refractivity contribution is 0.324. The first-order valence-electron chi connectivity index (χ1n) is 9.59. The maximum atomic E-state index is 12.8. The molecule has 0 saturated heterocycles. The summed E-state index contributed by atoms with van der Waals surface area (Å²) < 4.78 is 23.1. The summed E-state index contributed by atoms with van der Waals surface area (Å²) in [6.45, 7) is 0. The molecule has 2 heterocycles. The van der Waals surface area contributed by atoms with Gasteiger partial charge in [0, 0.05) is 0 Å². The molecule has 0 N–H and O–H groups in total. The monoisotopic (exact) mass is 451 g/mol. The van der Waals surface area contributed by atoms with Crippen molar-refractivity contribution in [3.8, 4) is 23.0 Å². The van der Waals surface area contributed by atoms with Crippen molar-refractivity contribution in [1.82, 2.24) is 14.6 Å². The standard InChI is InChI=1S/C23H21N3O5S/c1-28-16-8-5-14(6-9-16)7-10-20-24-23-26(25-20)22(27)19(32-23)13-15-11-17(29-2)21(31-4)18(12-15)30-3/h5-13H,1-4H3. The number of ether oxygens (including phenoxy) is 4. The van der Waals surface area contributed by atoms with E-state index in [2.05, 4.69) is 10.1 Å². The molecule has 0 atom stereocenters. The van der Waals surface area contributed by atoms with Crippen molar-refractivity contribution in [2.45, 2.75) is 0 Å². The van der Waals surface area contributed by atoms with E-state index in [1.54, 1.807) is 52.7 Å². The van der Waals surface area contributed by atoms with Crippen molar-refractivity contribution in [1.29, 1.82) is 0 Å². The third-order valence-corrected chi connectivity index (χ3v) is 5.68. The molecule has 0 spiro atoms. The molecule has 0 unspecified atom stereocenters. The van der Waals surface area contributed by atoms with Gasteiger partial charge in [-0.05, 0) is 47.5 Å². The average molecular weight is 452 g/mol. The zero-order valence-corrected chi connectivity index (χ0v) is 18.8. The molecule has 8 nitrogen and oxygen atoms in total. The summed E-state index contributed by atoms with van der Waals surface area (Å²) in [5.74, 6) is 2.76. The molecule has 32 heavy (non-hydrogen) atoms. The second-order valence-corrected chi connectivity index (χ2v) is 7.65. The quantitative estimate of drug-likeness (QED) is 0.427. The van der Waals surface area contributed by atoms with E-state index in [1.807, 2.05) is 30.3 Å². The van der Waals surface area contributed by atoms with E-state index in [1.165, 1.54) is 15.9 Å². The number of hydrogen-bond donors (Lipinski definition) is 0. The number of fused-ring (bicyclic) bond motifs is 1. The summed E-state index contributed by atoms with van der Waals surface area (Å²) in [5, 5.41) is 4.32. The summed E-state index contributed by atoms with van der Waals surface area (Å²) in [6.07, 6.45) is 5.40. The number of aromatic nitrogens is 3. The van der Waals surface area contributed by atoms with Gasteiger partial charge < -0.3 is 18.9 Å². The third kappa shape index (κ3) is 4.15. The minimum Gasteiger partial charge on any atom is -0.497 e. The van der Waals surface area contributed by atoms with Crippen LogP contribution in [0.2, 0.25) is 0 Å². The molecular weight excluding hydrogens is 430 g/mol. The van der Waals surface area contributed by atoms with Crippen LogP contribution in [0.1, 0.15) is 17.0 Å². The Morgan fingerprint density at radius 2 is 1.56 bits per heavy atom. The second kappa shape index (κ2) is 9.11. The van der Waals surface area contributed by atoms with E-state index in [0.717, 1.165) is 16.9 Å². The summed E-state index contributed by atoms with van der Waals surface area (Å²) in [5.41, 5.74) is 1.47. The van der Waals surface area contributed by atoms with Gasteiger partial charge in [-0.15, -0.1) is 5.10 Å². The molecule has 0 bridgehead atoms. The van der Waals surface area contributed by atoms with Gasteiger partial charge in [-0.3, -0.25) is 4.79 Å². The van der Waals surface area contributed by atoms with E-state index >= 15 is 0 Å². The normalized spacial score (nSPS) is 11.9. The minimum absolute atomic E-state index is 0.240. The molecule has 9 heteroatoms. The lowest BCUT2D eigenvalue weighted by atomic mass is 10.1. The zero-order chi connectivity index (χ0) is 22.7. The van der Waals surface area contributed by atoms with Gasteiger partial charge in [-0.1, -0.05) is 29.5 Å². The van der Waals surface area contributed by atoms with Crippen LogP contribution >= 0.6 is 11.3 Å². The van der Waals surface area contributed by atoms with Crippen LogP contribution in [-0.2, 0) is 0 Å². The maximum Gasteiger partial charge on any atom is 0.291 e. The first-order chi connectivity index (χ1) is 15.6. The van der Waals surface area contributed by atoms with Gasteiger partial charge in [0.25, 0.3) is 5.56 Å². The van der Waals surface area contributed by atoms with E-state index in [0.29, 0.717) is 32.6 Å². The van der Waals surface area contributed by atoms with Crippen LogP contribution in [-0.4, -0.2) is 43.0 Å². The van der Waals surface area contributed by atoms with Gasteiger partial charge >= 0.3 is 0 Å². The Kier molecular flexibility index (Phi) is 6.09. The van der Waals surface area contributed by atoms with Crippen molar-refractivity contribution in [3.05, 3.63) is 68.2 Å². The Morgan fingerprint density at radius 1 is 0.875 bits per heavy atom. The third-order valence-electron chi connectivity index (χ3n) is 4.72. The predicted molar refractivity (Wildman–Crippen MR) is 124 cm³/mol. The van der Waals surface area contributed by atoms with E-state index < -0.39 is 0 Å². The minimum atomic E-state index is -0.240. The zero-order valence-electron chi connectivity index (χ0n) is 18.0. The Bertz CT molecular complexity index is 1360. The molecule has 0 fully saturated rings. The Hall–Kier alpha value is -3.85. The molecule has 0 amide bonds. The van der Waals surface area contributed by atoms with Crippen LogP contribution in [0.25, 0.3) is 23.2 Å². The Morgan fingerprint density at radius 3 is 2.12 bits per heavy atom. The van der Waals surface area contributed by atoms with Crippen molar-refractivity contribution in [2.75, 3.05) is 28.4 Å². The van der Waals surface area contributed by atoms with E-state index in [-0.39, 0.29) is 5.56 Å². The Labute approximate surface area is 188 Å². The van der Waals surface area contributed by atoms with Crippen LogP contribution in [0, 0.1) is 0 Å². The molecule has 164 valence electrons. The average Bonchev–Trinajstić information content (AvgIpc) is 3.35. The van der Waals surface area contributed by atoms with Gasteiger partial charge in [-0.25, -0.2) is 0 Å². The van der Waals surface area contributed by atoms with Gasteiger partial charge in [0.05, 0.1) is 33.0 Å². The van der Waals surface area contributed by atoms with Crippen LogP contribution < -0.4 is 29.0 Å². The number of thiazole rings is 1. The first-order valence-corrected chi connectivity index (χ1v) is 10.4. The highest BCUT2D eigenvalue weighted by Crippen LogP contribution is 2.38. The molecule has 2 aromatic heterocycles. The fourth-order valence-corrected chi connectivity index (χ4v) is 4.06. The van der Waals surface area contributed by atoms with Crippen molar-refractivity contribution >= 4 is 34.5 Å². The van der Waals surface area contributed by atoms with Gasteiger partial charge in [0.2, 0.25) is 10.7 Å². The second-order valence-electron chi connectivity index (χ2n) is 6.65. The van der Waals surface area contributed by atoms with Crippen molar-refractivity contribution in [2.24, 2.45) is 0 Å². The van der Waals surface area contributed by atoms with Crippen molar-refractivity contribution < 1.29 is 18.9 Å². The predicted octanol–water partition coefficient (Wildman–Crippen LogP) is 2.90. The number of rotatable bonds is 7. The van der Waals surface area contributed by atoms with Crippen LogP contribution in [0.4, 0.5) is 0 Å². The van der Waals surface area contributed by atoms with Crippen LogP contribution in [0.5, 0.6) is 23.0 Å². The highest BCUT2D eigenvalue weighted by molar-refractivity contribution is 7.15. The van der Waals surface area contributed by atoms with E-state index in [9.17, 15) is 4.79 Å². The molecule has 0 aliphatic carbocycles. The fraction of sp³-hybridized carbons (Fsp3) is 0.174. The smallest absolute Gasteiger partial charge is 0.291 e. The molecule has 0 aliphatic heterocycles. The number of nitrogens with zero attached hydrogens (tertiary/aromatic N) is 3. The largest absolute Gasteiger partial charge is 0.497 e. The summed E-state index contributed by atoms with van der Waals surface area (Å²) in [7, 11) is 6.26.